The molecule has 1 N–H and O–H groups in total. The van der Waals surface area contributed by atoms with Gasteiger partial charge in [0.2, 0.25) is 5.88 Å². The van der Waals surface area contributed by atoms with E-state index >= 15 is 0 Å². The number of anilines is 1. The Balaban J connectivity index is 1.75. The number of hydrogen-bond acceptors (Lipinski definition) is 4. The second-order valence-electron chi connectivity index (χ2n) is 4.84. The van der Waals surface area contributed by atoms with Gasteiger partial charge in [0, 0.05) is 10.9 Å². The molecule has 0 saturated heterocycles. The van der Waals surface area contributed by atoms with Crippen LogP contribution >= 0.6 is 33.9 Å². The van der Waals surface area contributed by atoms with Crippen molar-refractivity contribution in [2.24, 2.45) is 0 Å². The van der Waals surface area contributed by atoms with E-state index in [0.717, 1.165) is 5.69 Å². The largest absolute Gasteiger partial charge is 0.478 e. The van der Waals surface area contributed by atoms with E-state index in [1.54, 1.807) is 0 Å². The molecule has 0 amide bonds. The van der Waals surface area contributed by atoms with Gasteiger partial charge in [-0.05, 0) is 66.5 Å². The molecular formula is C15H17IN2OS. The Bertz CT molecular complexity index is 582. The topological polar surface area (TPSA) is 34.1 Å². The number of nitrogens with one attached hydrogen (secondary N) is 1. The molecule has 0 bridgehead atoms. The van der Waals surface area contributed by atoms with Gasteiger partial charge < -0.3 is 10.1 Å². The maximum absolute atomic E-state index is 5.37. The van der Waals surface area contributed by atoms with Gasteiger partial charge >= 0.3 is 0 Å². The number of aromatic nitrogens is 1. The van der Waals surface area contributed by atoms with Crippen molar-refractivity contribution in [3.05, 3.63) is 37.7 Å². The van der Waals surface area contributed by atoms with E-state index in [-0.39, 0.29) is 0 Å². The highest BCUT2D eigenvalue weighted by molar-refractivity contribution is 14.1. The summed E-state index contributed by atoms with van der Waals surface area (Å²) in [6, 6.07) is 6.70. The van der Waals surface area contributed by atoms with Crippen LogP contribution in [0, 0.1) is 2.88 Å². The fraction of sp³-hybridized carbons (Fsp3) is 0.400. The lowest BCUT2D eigenvalue weighted by Gasteiger charge is -2.24. The predicted octanol–water partition coefficient (Wildman–Crippen LogP) is 4.64. The maximum Gasteiger partial charge on any atom is 0.213 e. The molecule has 5 heteroatoms. The molecule has 0 radical (unpaired) electrons. The second kappa shape index (κ2) is 6.30. The van der Waals surface area contributed by atoms with Crippen LogP contribution in [0.5, 0.6) is 5.88 Å². The molecule has 0 aromatic carbocycles. The number of pyridine rings is 1. The highest BCUT2D eigenvalue weighted by atomic mass is 127. The van der Waals surface area contributed by atoms with Gasteiger partial charge in [0.1, 0.15) is 0 Å². The van der Waals surface area contributed by atoms with Crippen LogP contribution in [0.3, 0.4) is 0 Å². The average molecular weight is 400 g/mol. The lowest BCUT2D eigenvalue weighted by Crippen LogP contribution is -2.15. The van der Waals surface area contributed by atoms with E-state index in [4.69, 9.17) is 4.74 Å². The molecule has 106 valence electrons. The van der Waals surface area contributed by atoms with Gasteiger partial charge in [-0.1, -0.05) is 0 Å². The Kier molecular flexibility index (Phi) is 4.45. The van der Waals surface area contributed by atoms with E-state index in [9.17, 15) is 0 Å². The molecule has 0 aliphatic heterocycles. The summed E-state index contributed by atoms with van der Waals surface area (Å²) >= 11 is 4.34. The SMILES string of the molecule is CCOc1ccc(NC2CCCc3sc(I)cc32)cn1. The number of hydrogen-bond donors (Lipinski definition) is 1. The summed E-state index contributed by atoms with van der Waals surface area (Å²) in [6.07, 6.45) is 5.53. The number of nitrogens with zero attached hydrogens (tertiary/aromatic N) is 1. The van der Waals surface area contributed by atoms with Crippen molar-refractivity contribution in [3.63, 3.8) is 0 Å². The number of rotatable bonds is 4. The summed E-state index contributed by atoms with van der Waals surface area (Å²) < 4.78 is 6.75. The summed E-state index contributed by atoms with van der Waals surface area (Å²) in [6.45, 7) is 2.62. The van der Waals surface area contributed by atoms with Crippen molar-refractivity contribution < 1.29 is 4.74 Å². The molecule has 1 atom stereocenters. The van der Waals surface area contributed by atoms with Crippen LogP contribution in [-0.2, 0) is 6.42 Å². The molecule has 1 aliphatic carbocycles. The first-order chi connectivity index (χ1) is 9.76. The minimum absolute atomic E-state index is 0.415. The summed E-state index contributed by atoms with van der Waals surface area (Å²) in [5, 5.41) is 3.60. The molecule has 2 aromatic rings. The molecular weight excluding hydrogens is 383 g/mol. The number of aryl methyl sites for hydroxylation is 1. The smallest absolute Gasteiger partial charge is 0.213 e. The van der Waals surface area contributed by atoms with Gasteiger partial charge in [-0.25, -0.2) is 4.98 Å². The van der Waals surface area contributed by atoms with Crippen LogP contribution in [0.2, 0.25) is 0 Å². The lowest BCUT2D eigenvalue weighted by atomic mass is 9.94. The first-order valence-electron chi connectivity index (χ1n) is 6.89. The Morgan fingerprint density at radius 3 is 3.15 bits per heavy atom. The quantitative estimate of drug-likeness (QED) is 0.760. The third-order valence-corrected chi connectivity index (χ3v) is 5.42. The highest BCUT2D eigenvalue weighted by Crippen LogP contribution is 2.38. The summed E-state index contributed by atoms with van der Waals surface area (Å²) in [5.74, 6) is 0.687. The van der Waals surface area contributed by atoms with Crippen LogP contribution in [0.25, 0.3) is 0 Å². The van der Waals surface area contributed by atoms with Crippen LogP contribution < -0.4 is 10.1 Å². The minimum Gasteiger partial charge on any atom is -0.478 e. The second-order valence-corrected chi connectivity index (χ2v) is 7.87. The van der Waals surface area contributed by atoms with Gasteiger partial charge in [-0.15, -0.1) is 11.3 Å². The Morgan fingerprint density at radius 1 is 1.50 bits per heavy atom. The van der Waals surface area contributed by atoms with Crippen molar-refractivity contribution in [1.82, 2.24) is 4.98 Å². The zero-order valence-corrected chi connectivity index (χ0v) is 14.3. The van der Waals surface area contributed by atoms with Gasteiger partial charge in [-0.3, -0.25) is 0 Å². The number of ether oxygens (including phenoxy) is 1. The third-order valence-electron chi connectivity index (χ3n) is 3.45. The van der Waals surface area contributed by atoms with E-state index in [0.29, 0.717) is 18.5 Å². The zero-order chi connectivity index (χ0) is 13.9. The molecule has 3 nitrogen and oxygen atoms in total. The van der Waals surface area contributed by atoms with Crippen LogP contribution in [0.4, 0.5) is 5.69 Å². The Morgan fingerprint density at radius 2 is 2.40 bits per heavy atom. The van der Waals surface area contributed by atoms with Crippen LogP contribution in [0.1, 0.15) is 36.2 Å². The monoisotopic (exact) mass is 400 g/mol. The average Bonchev–Trinajstić information content (AvgIpc) is 2.83. The predicted molar refractivity (Wildman–Crippen MR) is 91.7 cm³/mol. The van der Waals surface area contributed by atoms with Crippen LogP contribution in [-0.4, -0.2) is 11.6 Å². The molecule has 2 aromatic heterocycles. The molecule has 1 unspecified atom stereocenters. The standard InChI is InChI=1S/C15H17IN2OS/c1-2-19-15-7-6-10(9-17-15)18-12-4-3-5-13-11(12)8-14(16)20-13/h6-9,12,18H,2-5H2,1H3. The van der Waals surface area contributed by atoms with E-state index in [2.05, 4.69) is 39.0 Å². The van der Waals surface area contributed by atoms with E-state index in [1.165, 1.54) is 32.6 Å². The van der Waals surface area contributed by atoms with Crippen molar-refractivity contribution >= 4 is 39.6 Å². The van der Waals surface area contributed by atoms with Gasteiger partial charge in [0.05, 0.1) is 27.4 Å². The minimum atomic E-state index is 0.415. The zero-order valence-electron chi connectivity index (χ0n) is 11.4. The van der Waals surface area contributed by atoms with Gasteiger partial charge in [0.25, 0.3) is 0 Å². The van der Waals surface area contributed by atoms with Crippen molar-refractivity contribution in [3.8, 4) is 5.88 Å². The molecule has 20 heavy (non-hydrogen) atoms. The maximum atomic E-state index is 5.37. The van der Waals surface area contributed by atoms with Crippen molar-refractivity contribution in [1.29, 1.82) is 0 Å². The van der Waals surface area contributed by atoms with Crippen molar-refractivity contribution in [2.45, 2.75) is 32.2 Å². The first-order valence-corrected chi connectivity index (χ1v) is 8.79. The Hall–Kier alpha value is -0.820. The third kappa shape index (κ3) is 3.09. The summed E-state index contributed by atoms with van der Waals surface area (Å²) in [5.41, 5.74) is 2.53. The fourth-order valence-electron chi connectivity index (χ4n) is 2.57. The first kappa shape index (κ1) is 14.1. The molecule has 2 heterocycles. The summed E-state index contributed by atoms with van der Waals surface area (Å²) in [7, 11) is 0. The molecule has 0 saturated carbocycles. The van der Waals surface area contributed by atoms with E-state index in [1.807, 2.05) is 36.6 Å². The highest BCUT2D eigenvalue weighted by Gasteiger charge is 2.22. The number of halogens is 1. The molecule has 0 spiro atoms. The normalized spacial score (nSPS) is 17.6. The molecule has 0 fully saturated rings. The van der Waals surface area contributed by atoms with Gasteiger partial charge in [0.15, 0.2) is 0 Å². The van der Waals surface area contributed by atoms with E-state index < -0.39 is 0 Å². The Labute approximate surface area is 136 Å². The van der Waals surface area contributed by atoms with Gasteiger partial charge in [-0.2, -0.15) is 0 Å². The molecule has 3 rings (SSSR count). The number of thiophene rings is 1. The fourth-order valence-corrected chi connectivity index (χ4v) is 4.69. The lowest BCUT2D eigenvalue weighted by molar-refractivity contribution is 0.327. The molecule has 1 aliphatic rings. The number of fused-ring (bicyclic) bond motifs is 1. The summed E-state index contributed by atoms with van der Waals surface area (Å²) in [4.78, 5) is 5.85. The van der Waals surface area contributed by atoms with Crippen LogP contribution in [0.15, 0.2) is 24.4 Å². The van der Waals surface area contributed by atoms with Crippen molar-refractivity contribution in [2.75, 3.05) is 11.9 Å².